The molecule has 3 heterocycles. The fourth-order valence-electron chi connectivity index (χ4n) is 1.78. The van der Waals surface area contributed by atoms with Gasteiger partial charge in [0.25, 0.3) is 12.3 Å². The van der Waals surface area contributed by atoms with Crippen molar-refractivity contribution in [3.63, 3.8) is 0 Å². The molecule has 0 spiro atoms. The fraction of sp³-hybridized carbons (Fsp3) is 0.167. The van der Waals surface area contributed by atoms with Crippen LogP contribution in [0.4, 0.5) is 8.78 Å². The number of halogens is 3. The number of alkyl halides is 2. The van der Waals surface area contributed by atoms with E-state index in [1.165, 1.54) is 13.2 Å². The van der Waals surface area contributed by atoms with Gasteiger partial charge in [0.1, 0.15) is 11.4 Å². The van der Waals surface area contributed by atoms with Gasteiger partial charge in [-0.05, 0) is 34.1 Å². The van der Waals surface area contributed by atoms with E-state index in [9.17, 15) is 13.6 Å². The highest BCUT2D eigenvalue weighted by molar-refractivity contribution is 9.10. The highest BCUT2D eigenvalue weighted by Gasteiger charge is 2.22. The van der Waals surface area contributed by atoms with Crippen LogP contribution in [-0.4, -0.2) is 24.5 Å². The maximum atomic E-state index is 12.9. The third kappa shape index (κ3) is 2.56. The molecule has 0 radical (unpaired) electrons. The molecule has 0 atom stereocenters. The summed E-state index contributed by atoms with van der Waals surface area (Å²) in [5.41, 5.74) is -0.351. The van der Waals surface area contributed by atoms with Crippen LogP contribution in [0.5, 0.6) is 0 Å². The number of pyridine rings is 1. The van der Waals surface area contributed by atoms with Crippen LogP contribution in [0.25, 0.3) is 17.4 Å². The van der Waals surface area contributed by atoms with Crippen LogP contribution in [0.2, 0.25) is 0 Å². The third-order valence-electron chi connectivity index (χ3n) is 2.79. The van der Waals surface area contributed by atoms with Crippen LogP contribution in [0.3, 0.4) is 0 Å². The molecule has 0 amide bonds. The SMILES string of the molecule is Cn1nc(-c2cc(C(F)F)nn2-c2ccc(Br)cn2)oc1=O. The first-order chi connectivity index (χ1) is 10.5. The minimum atomic E-state index is -2.77. The predicted octanol–water partition coefficient (Wildman–Crippen LogP) is 2.32. The smallest absolute Gasteiger partial charge is 0.386 e. The Kier molecular flexibility index (Phi) is 3.61. The van der Waals surface area contributed by atoms with E-state index >= 15 is 0 Å². The largest absolute Gasteiger partial charge is 0.437 e. The van der Waals surface area contributed by atoms with Crippen LogP contribution >= 0.6 is 15.9 Å². The Morgan fingerprint density at radius 1 is 1.32 bits per heavy atom. The van der Waals surface area contributed by atoms with E-state index in [4.69, 9.17) is 4.42 Å². The summed E-state index contributed by atoms with van der Waals surface area (Å²) >= 11 is 3.24. The third-order valence-corrected chi connectivity index (χ3v) is 3.26. The second kappa shape index (κ2) is 5.44. The van der Waals surface area contributed by atoms with Gasteiger partial charge >= 0.3 is 5.76 Å². The van der Waals surface area contributed by atoms with Crippen molar-refractivity contribution in [2.75, 3.05) is 0 Å². The van der Waals surface area contributed by atoms with Gasteiger partial charge in [0.2, 0.25) is 0 Å². The summed E-state index contributed by atoms with van der Waals surface area (Å²) in [5.74, 6) is -0.528. The fourth-order valence-corrected chi connectivity index (χ4v) is 2.01. The molecule has 3 aromatic heterocycles. The molecule has 3 rings (SSSR count). The molecule has 0 aromatic carbocycles. The highest BCUT2D eigenvalue weighted by atomic mass is 79.9. The zero-order chi connectivity index (χ0) is 15.9. The molecule has 0 unspecified atom stereocenters. The maximum absolute atomic E-state index is 12.9. The van der Waals surface area contributed by atoms with E-state index in [0.717, 1.165) is 19.9 Å². The lowest BCUT2D eigenvalue weighted by molar-refractivity contribution is 0.145. The van der Waals surface area contributed by atoms with Crippen molar-refractivity contribution in [1.29, 1.82) is 0 Å². The lowest BCUT2D eigenvalue weighted by Crippen LogP contribution is -2.09. The topological polar surface area (TPSA) is 78.7 Å². The normalized spacial score (nSPS) is 11.3. The average Bonchev–Trinajstić information content (AvgIpc) is 3.04. The molecule has 22 heavy (non-hydrogen) atoms. The number of nitrogens with zero attached hydrogens (tertiary/aromatic N) is 5. The van der Waals surface area contributed by atoms with E-state index in [0.29, 0.717) is 5.82 Å². The van der Waals surface area contributed by atoms with E-state index in [1.54, 1.807) is 12.1 Å². The second-order valence-electron chi connectivity index (χ2n) is 4.30. The summed E-state index contributed by atoms with van der Waals surface area (Å²) in [4.78, 5) is 15.5. The molecule has 0 aliphatic heterocycles. The number of hydrogen-bond acceptors (Lipinski definition) is 5. The molecule has 0 saturated carbocycles. The van der Waals surface area contributed by atoms with Gasteiger partial charge in [0.05, 0.1) is 0 Å². The first kappa shape index (κ1) is 14.6. The number of rotatable bonds is 3. The lowest BCUT2D eigenvalue weighted by atomic mass is 10.3. The Morgan fingerprint density at radius 3 is 2.64 bits per heavy atom. The summed E-state index contributed by atoms with van der Waals surface area (Å²) in [6.45, 7) is 0. The van der Waals surface area contributed by atoms with E-state index in [1.807, 2.05) is 0 Å². The Morgan fingerprint density at radius 2 is 2.09 bits per heavy atom. The molecule has 0 bridgehead atoms. The molecule has 7 nitrogen and oxygen atoms in total. The summed E-state index contributed by atoms with van der Waals surface area (Å²) in [6.07, 6.45) is -1.27. The minimum absolute atomic E-state index is 0.114. The van der Waals surface area contributed by atoms with Crippen molar-refractivity contribution in [1.82, 2.24) is 24.5 Å². The standard InChI is InChI=1S/C12H8BrF2N5O2/c1-19-12(21)22-11(18-19)8-4-7(10(14)15)17-20(8)9-3-2-6(13)5-16-9/h2-5,10H,1H3. The Hall–Kier alpha value is -2.36. The number of aromatic nitrogens is 5. The van der Waals surface area contributed by atoms with E-state index in [2.05, 4.69) is 31.1 Å². The molecular formula is C12H8BrF2N5O2. The Bertz CT molecular complexity index is 869. The summed E-state index contributed by atoms with van der Waals surface area (Å²) in [5, 5.41) is 7.65. The molecule has 10 heteroatoms. The molecule has 0 saturated heterocycles. The molecule has 0 aliphatic rings. The van der Waals surface area contributed by atoms with Gasteiger partial charge in [-0.15, -0.1) is 5.10 Å². The second-order valence-corrected chi connectivity index (χ2v) is 5.21. The molecule has 3 aromatic rings. The van der Waals surface area contributed by atoms with Crippen molar-refractivity contribution in [3.8, 4) is 17.4 Å². The van der Waals surface area contributed by atoms with Crippen LogP contribution in [0, 0.1) is 0 Å². The lowest BCUT2D eigenvalue weighted by Gasteiger charge is -2.03. The monoisotopic (exact) mass is 371 g/mol. The minimum Gasteiger partial charge on any atom is -0.386 e. The first-order valence-corrected chi connectivity index (χ1v) is 6.79. The average molecular weight is 372 g/mol. The van der Waals surface area contributed by atoms with Crippen molar-refractivity contribution in [2.24, 2.45) is 7.05 Å². The van der Waals surface area contributed by atoms with Gasteiger partial charge in [-0.3, -0.25) is 0 Å². The van der Waals surface area contributed by atoms with Gasteiger partial charge in [-0.25, -0.2) is 23.2 Å². The van der Waals surface area contributed by atoms with Gasteiger partial charge < -0.3 is 4.42 Å². The van der Waals surface area contributed by atoms with Gasteiger partial charge in [-0.1, -0.05) is 0 Å². The van der Waals surface area contributed by atoms with Crippen LogP contribution < -0.4 is 5.76 Å². The zero-order valence-corrected chi connectivity index (χ0v) is 12.7. The first-order valence-electron chi connectivity index (χ1n) is 6.00. The van der Waals surface area contributed by atoms with Crippen molar-refractivity contribution in [2.45, 2.75) is 6.43 Å². The van der Waals surface area contributed by atoms with E-state index < -0.39 is 17.9 Å². The maximum Gasteiger partial charge on any atom is 0.437 e. The van der Waals surface area contributed by atoms with E-state index in [-0.39, 0.29) is 11.6 Å². The molecule has 0 aliphatic carbocycles. The van der Waals surface area contributed by atoms with Crippen LogP contribution in [-0.2, 0) is 7.05 Å². The molecule has 0 fully saturated rings. The van der Waals surface area contributed by atoms with Gasteiger partial charge in [-0.2, -0.15) is 9.78 Å². The quantitative estimate of drug-likeness (QED) is 0.705. The Balaban J connectivity index is 2.19. The zero-order valence-electron chi connectivity index (χ0n) is 11.1. The van der Waals surface area contributed by atoms with Crippen LogP contribution in [0.1, 0.15) is 12.1 Å². The van der Waals surface area contributed by atoms with Crippen molar-refractivity contribution >= 4 is 15.9 Å². The number of hydrogen-bond donors (Lipinski definition) is 0. The molecule has 0 N–H and O–H groups in total. The van der Waals surface area contributed by atoms with Crippen LogP contribution in [0.15, 0.2) is 38.1 Å². The summed E-state index contributed by atoms with van der Waals surface area (Å²) in [6, 6.07) is 4.38. The van der Waals surface area contributed by atoms with Crippen molar-refractivity contribution in [3.05, 3.63) is 45.1 Å². The molecular weight excluding hydrogens is 364 g/mol. The predicted molar refractivity (Wildman–Crippen MR) is 74.8 cm³/mol. The Labute approximate surface area is 130 Å². The van der Waals surface area contributed by atoms with Gasteiger partial charge in [0.15, 0.2) is 5.82 Å². The van der Waals surface area contributed by atoms with Crippen molar-refractivity contribution < 1.29 is 13.2 Å². The number of aryl methyl sites for hydroxylation is 1. The molecule has 114 valence electrons. The van der Waals surface area contributed by atoms with Gasteiger partial charge in [0, 0.05) is 17.7 Å². The summed E-state index contributed by atoms with van der Waals surface area (Å²) < 4.78 is 33.6. The highest BCUT2D eigenvalue weighted by Crippen LogP contribution is 2.26. The summed E-state index contributed by atoms with van der Waals surface area (Å²) in [7, 11) is 1.39.